The molecule has 0 radical (unpaired) electrons. The quantitative estimate of drug-likeness (QED) is 0.752. The molecule has 1 aliphatic carbocycles. The highest BCUT2D eigenvalue weighted by atomic mass is 16.3. The molecule has 0 saturated heterocycles. The average Bonchev–Trinajstić information content (AvgIpc) is 2.56. The van der Waals surface area contributed by atoms with Crippen molar-refractivity contribution in [3.05, 3.63) is 40.8 Å². The van der Waals surface area contributed by atoms with E-state index in [0.29, 0.717) is 29.3 Å². The summed E-state index contributed by atoms with van der Waals surface area (Å²) in [4.78, 5) is 25.1. The molecule has 6 heteroatoms. The Bertz CT molecular complexity index is 903. The summed E-state index contributed by atoms with van der Waals surface area (Å²) in [6.45, 7) is 4.36. The maximum absolute atomic E-state index is 12.6. The van der Waals surface area contributed by atoms with Gasteiger partial charge in [0.15, 0.2) is 0 Å². The maximum Gasteiger partial charge on any atom is 0.258 e. The fourth-order valence-corrected chi connectivity index (χ4v) is 4.32. The molecule has 6 nitrogen and oxygen atoms in total. The van der Waals surface area contributed by atoms with Gasteiger partial charge in [0, 0.05) is 29.2 Å². The molecule has 0 spiro atoms. The number of fused-ring (bicyclic) bond motifs is 1. The van der Waals surface area contributed by atoms with Crippen molar-refractivity contribution in [2.24, 2.45) is 5.41 Å². The van der Waals surface area contributed by atoms with Gasteiger partial charge in [-0.25, -0.2) is 0 Å². The van der Waals surface area contributed by atoms with Crippen LogP contribution in [0.1, 0.15) is 46.0 Å². The minimum Gasteiger partial charge on any atom is -0.395 e. The van der Waals surface area contributed by atoms with Crippen molar-refractivity contribution in [2.45, 2.75) is 58.1 Å². The number of aliphatic hydroxyl groups excluding tert-OH is 1. The van der Waals surface area contributed by atoms with E-state index in [9.17, 15) is 14.7 Å². The normalized spacial score (nSPS) is 21.9. The van der Waals surface area contributed by atoms with E-state index in [4.69, 9.17) is 5.11 Å². The highest BCUT2D eigenvalue weighted by Crippen LogP contribution is 2.42. The molecule has 1 unspecified atom stereocenters. The summed E-state index contributed by atoms with van der Waals surface area (Å²) in [5.74, 6) is -0.248. The smallest absolute Gasteiger partial charge is 0.258 e. The highest BCUT2D eigenvalue weighted by molar-refractivity contribution is 6.02. The zero-order valence-electron chi connectivity index (χ0n) is 16.0. The van der Waals surface area contributed by atoms with Gasteiger partial charge in [0.2, 0.25) is 5.91 Å². The second-order valence-electron chi connectivity index (χ2n) is 8.45. The third kappa shape index (κ3) is 4.39. The Morgan fingerprint density at radius 1 is 1.22 bits per heavy atom. The van der Waals surface area contributed by atoms with E-state index in [1.54, 1.807) is 30.5 Å². The number of nitrogens with one attached hydrogen (secondary N) is 1. The molecule has 1 aromatic carbocycles. The van der Waals surface area contributed by atoms with Crippen LogP contribution in [0.25, 0.3) is 10.8 Å². The summed E-state index contributed by atoms with van der Waals surface area (Å²) in [5.41, 5.74) is -0.593. The zero-order valence-corrected chi connectivity index (χ0v) is 16.0. The molecule has 1 atom stereocenters. The van der Waals surface area contributed by atoms with Crippen molar-refractivity contribution in [2.75, 3.05) is 11.9 Å². The molecule has 3 N–H and O–H groups in total. The number of aliphatic hydroxyl groups is 2. The van der Waals surface area contributed by atoms with Crippen molar-refractivity contribution in [1.82, 2.24) is 4.57 Å². The summed E-state index contributed by atoms with van der Waals surface area (Å²) in [6, 6.07) is 6.95. The fourth-order valence-electron chi connectivity index (χ4n) is 4.32. The number of carbonyl (C=O) groups excluding carboxylic acids is 1. The van der Waals surface area contributed by atoms with Crippen molar-refractivity contribution >= 4 is 22.4 Å². The van der Waals surface area contributed by atoms with Gasteiger partial charge in [-0.3, -0.25) is 9.59 Å². The van der Waals surface area contributed by atoms with Crippen molar-refractivity contribution in [3.63, 3.8) is 0 Å². The molecule has 3 rings (SSSR count). The molecule has 1 aromatic heterocycles. The third-order valence-electron chi connectivity index (χ3n) is 5.43. The first-order chi connectivity index (χ1) is 12.7. The van der Waals surface area contributed by atoms with Crippen molar-refractivity contribution in [3.8, 4) is 0 Å². The van der Waals surface area contributed by atoms with Gasteiger partial charge in [-0.15, -0.1) is 0 Å². The lowest BCUT2D eigenvalue weighted by atomic mass is 9.68. The standard InChI is InChI=1S/C21H28N2O4/c1-20(2)8-4-9-21(27,14-20)13-18(25)22-17-6-3-5-16-15(17)7-10-23(11-12-24)19(16)26/h3,5-7,10,24,27H,4,8-9,11-14H2,1-2H3,(H,22,25). The number of amides is 1. The van der Waals surface area contributed by atoms with Gasteiger partial charge in [0.25, 0.3) is 5.56 Å². The zero-order chi connectivity index (χ0) is 19.7. The monoisotopic (exact) mass is 372 g/mol. The van der Waals surface area contributed by atoms with E-state index < -0.39 is 5.60 Å². The van der Waals surface area contributed by atoms with Crippen molar-refractivity contribution in [1.29, 1.82) is 0 Å². The Morgan fingerprint density at radius 2 is 2.00 bits per heavy atom. The van der Waals surface area contributed by atoms with E-state index >= 15 is 0 Å². The molecule has 146 valence electrons. The molecule has 27 heavy (non-hydrogen) atoms. The van der Waals surface area contributed by atoms with Crippen LogP contribution in [-0.2, 0) is 11.3 Å². The molecular weight excluding hydrogens is 344 g/mol. The molecule has 2 aromatic rings. The van der Waals surface area contributed by atoms with E-state index in [0.717, 1.165) is 12.8 Å². The summed E-state index contributed by atoms with van der Waals surface area (Å²) in [7, 11) is 0. The Kier molecular flexibility index (Phi) is 5.40. The lowest BCUT2D eigenvalue weighted by molar-refractivity contribution is -0.124. The van der Waals surface area contributed by atoms with Crippen LogP contribution in [-0.4, -0.2) is 32.9 Å². The first kappa shape index (κ1) is 19.6. The van der Waals surface area contributed by atoms with Crippen LogP contribution in [0.5, 0.6) is 0 Å². The Hall–Kier alpha value is -2.18. The predicted molar refractivity (Wildman–Crippen MR) is 106 cm³/mol. The molecule has 0 bridgehead atoms. The number of benzene rings is 1. The van der Waals surface area contributed by atoms with Gasteiger partial charge >= 0.3 is 0 Å². The van der Waals surface area contributed by atoms with E-state index in [1.807, 2.05) is 0 Å². The topological polar surface area (TPSA) is 91.6 Å². The summed E-state index contributed by atoms with van der Waals surface area (Å²) in [5, 5.41) is 23.9. The first-order valence-corrected chi connectivity index (χ1v) is 9.48. The van der Waals surface area contributed by atoms with Crippen LogP contribution in [0.15, 0.2) is 35.3 Å². The van der Waals surface area contributed by atoms with Gasteiger partial charge in [0.05, 0.1) is 18.6 Å². The molecular formula is C21H28N2O4. The third-order valence-corrected chi connectivity index (χ3v) is 5.43. The van der Waals surface area contributed by atoms with E-state index in [-0.39, 0.29) is 36.5 Å². The SMILES string of the molecule is CC1(C)CCCC(O)(CC(=O)Nc2cccc3c(=O)n(CCO)ccc23)C1. The molecule has 1 fully saturated rings. The summed E-state index contributed by atoms with van der Waals surface area (Å²) >= 11 is 0. The second-order valence-corrected chi connectivity index (χ2v) is 8.45. The number of carbonyl (C=O) groups is 1. The minimum absolute atomic E-state index is 0.0323. The molecule has 1 saturated carbocycles. The number of nitrogens with zero attached hydrogens (tertiary/aromatic N) is 1. The highest BCUT2D eigenvalue weighted by Gasteiger charge is 2.39. The van der Waals surface area contributed by atoms with Gasteiger partial charge < -0.3 is 20.1 Å². The number of anilines is 1. The van der Waals surface area contributed by atoms with Crippen LogP contribution < -0.4 is 10.9 Å². The summed E-state index contributed by atoms with van der Waals surface area (Å²) < 4.78 is 1.45. The Balaban J connectivity index is 1.81. The number of rotatable bonds is 5. The number of hydrogen-bond acceptors (Lipinski definition) is 4. The number of aromatic nitrogens is 1. The largest absolute Gasteiger partial charge is 0.395 e. The van der Waals surface area contributed by atoms with E-state index in [1.165, 1.54) is 4.57 Å². The maximum atomic E-state index is 12.6. The number of pyridine rings is 1. The molecule has 1 aliphatic rings. The van der Waals surface area contributed by atoms with Crippen molar-refractivity contribution < 1.29 is 15.0 Å². The lowest BCUT2D eigenvalue weighted by Crippen LogP contribution is -2.41. The first-order valence-electron chi connectivity index (χ1n) is 9.48. The van der Waals surface area contributed by atoms with Crippen LogP contribution >= 0.6 is 0 Å². The summed E-state index contributed by atoms with van der Waals surface area (Å²) in [6.07, 6.45) is 4.87. The molecule has 1 amide bonds. The average molecular weight is 372 g/mol. The fraction of sp³-hybridized carbons (Fsp3) is 0.524. The second kappa shape index (κ2) is 7.44. The van der Waals surface area contributed by atoms with Gasteiger partial charge in [-0.2, -0.15) is 0 Å². The Morgan fingerprint density at radius 3 is 2.70 bits per heavy atom. The van der Waals surface area contributed by atoms with Gasteiger partial charge in [-0.1, -0.05) is 26.3 Å². The van der Waals surface area contributed by atoms with E-state index in [2.05, 4.69) is 19.2 Å². The predicted octanol–water partition coefficient (Wildman–Crippen LogP) is 2.65. The van der Waals surface area contributed by atoms with Crippen LogP contribution in [0.4, 0.5) is 5.69 Å². The molecule has 0 aliphatic heterocycles. The van der Waals surface area contributed by atoms with Crippen LogP contribution in [0.3, 0.4) is 0 Å². The van der Waals surface area contributed by atoms with Gasteiger partial charge in [0.1, 0.15) is 0 Å². The minimum atomic E-state index is -0.982. The number of hydrogen-bond donors (Lipinski definition) is 3. The molecule has 1 heterocycles. The Labute approximate surface area is 158 Å². The van der Waals surface area contributed by atoms with Gasteiger partial charge in [-0.05, 0) is 42.9 Å². The van der Waals surface area contributed by atoms with Crippen LogP contribution in [0.2, 0.25) is 0 Å². The lowest BCUT2D eigenvalue weighted by Gasteiger charge is -2.41. The van der Waals surface area contributed by atoms with Crippen LogP contribution in [0, 0.1) is 5.41 Å².